The van der Waals surface area contributed by atoms with Gasteiger partial charge in [-0.2, -0.15) is 0 Å². The van der Waals surface area contributed by atoms with E-state index in [4.69, 9.17) is 0 Å². The molecule has 0 spiro atoms. The summed E-state index contributed by atoms with van der Waals surface area (Å²) in [6.45, 7) is 3.36. The number of aromatic nitrogens is 2. The summed E-state index contributed by atoms with van der Waals surface area (Å²) in [5, 5.41) is 10.3. The Balaban J connectivity index is 1.91. The fourth-order valence-electron chi connectivity index (χ4n) is 2.28. The average Bonchev–Trinajstić information content (AvgIpc) is 2.48. The molecule has 0 saturated heterocycles. The fraction of sp³-hybridized carbons (Fsp3) is 0.375. The lowest BCUT2D eigenvalue weighted by atomic mass is 10.0. The Kier molecular flexibility index (Phi) is 5.36. The van der Waals surface area contributed by atoms with Crippen molar-refractivity contribution >= 4 is 0 Å². The van der Waals surface area contributed by atoms with Crippen LogP contribution >= 0.6 is 0 Å². The van der Waals surface area contributed by atoms with Gasteiger partial charge in [0.2, 0.25) is 0 Å². The molecule has 0 bridgehead atoms. The summed E-state index contributed by atoms with van der Waals surface area (Å²) in [6, 6.07) is 8.65. The Morgan fingerprint density at radius 3 is 2.67 bits per heavy atom. The van der Waals surface area contributed by atoms with E-state index < -0.39 is 11.9 Å². The highest BCUT2D eigenvalue weighted by Crippen LogP contribution is 2.21. The third-order valence-corrected chi connectivity index (χ3v) is 3.35. The van der Waals surface area contributed by atoms with E-state index in [0.717, 1.165) is 18.4 Å². The van der Waals surface area contributed by atoms with Gasteiger partial charge >= 0.3 is 0 Å². The first-order chi connectivity index (χ1) is 10.1. The van der Waals surface area contributed by atoms with Crippen molar-refractivity contribution in [1.82, 2.24) is 14.9 Å². The highest BCUT2D eigenvalue weighted by atomic mass is 19.1. The van der Waals surface area contributed by atoms with Crippen LogP contribution in [0.1, 0.15) is 24.4 Å². The summed E-state index contributed by atoms with van der Waals surface area (Å²) in [6.07, 6.45) is 2.18. The van der Waals surface area contributed by atoms with Crippen molar-refractivity contribution in [3.63, 3.8) is 0 Å². The minimum Gasteiger partial charge on any atom is -0.386 e. The quantitative estimate of drug-likeness (QED) is 0.887. The first-order valence-electron chi connectivity index (χ1n) is 6.94. The van der Waals surface area contributed by atoms with E-state index in [-0.39, 0.29) is 5.92 Å². The van der Waals surface area contributed by atoms with E-state index in [1.54, 1.807) is 6.20 Å². The molecule has 0 aliphatic carbocycles. The smallest absolute Gasteiger partial charge is 0.141 e. The van der Waals surface area contributed by atoms with Gasteiger partial charge in [-0.3, -0.25) is 9.97 Å². The summed E-state index contributed by atoms with van der Waals surface area (Å²) in [5.41, 5.74) is 1.48. The maximum atomic E-state index is 12.8. The number of rotatable bonds is 6. The molecule has 21 heavy (non-hydrogen) atoms. The second-order valence-electron chi connectivity index (χ2n) is 5.34. The molecule has 0 amide bonds. The zero-order valence-corrected chi connectivity index (χ0v) is 12.3. The van der Waals surface area contributed by atoms with Gasteiger partial charge in [0.15, 0.2) is 0 Å². The van der Waals surface area contributed by atoms with Gasteiger partial charge in [0.1, 0.15) is 5.82 Å². The van der Waals surface area contributed by atoms with Crippen LogP contribution in [0.3, 0.4) is 0 Å². The molecule has 1 N–H and O–H groups in total. The molecule has 112 valence electrons. The lowest BCUT2D eigenvalue weighted by Crippen LogP contribution is -2.28. The lowest BCUT2D eigenvalue weighted by Gasteiger charge is -2.24. The highest BCUT2D eigenvalue weighted by Gasteiger charge is 2.19. The maximum absolute atomic E-state index is 12.8. The van der Waals surface area contributed by atoms with E-state index in [2.05, 4.69) is 14.9 Å². The second-order valence-corrected chi connectivity index (χ2v) is 5.34. The zero-order valence-electron chi connectivity index (χ0n) is 12.3. The van der Waals surface area contributed by atoms with Crippen molar-refractivity contribution in [3.8, 4) is 0 Å². The standard InChI is InChI=1S/C16H20FN3O/c1-12(16(21)15-7-6-13(17)9-19-15)10-20(2)11-14-5-3-4-8-18-14/h3-9,12,16,21H,10-11H2,1-2H3. The van der Waals surface area contributed by atoms with Gasteiger partial charge in [-0.25, -0.2) is 4.39 Å². The molecular formula is C16H20FN3O. The second kappa shape index (κ2) is 7.24. The Bertz CT molecular complexity index is 547. The SMILES string of the molecule is CC(CN(C)Cc1ccccn1)C(O)c1ccc(F)cn1. The van der Waals surface area contributed by atoms with Gasteiger partial charge < -0.3 is 10.0 Å². The number of halogens is 1. The number of nitrogens with zero attached hydrogens (tertiary/aromatic N) is 3. The number of hydrogen-bond acceptors (Lipinski definition) is 4. The van der Waals surface area contributed by atoms with E-state index in [9.17, 15) is 9.50 Å². The third-order valence-electron chi connectivity index (χ3n) is 3.35. The molecule has 0 fully saturated rings. The first-order valence-corrected chi connectivity index (χ1v) is 6.94. The van der Waals surface area contributed by atoms with Crippen LogP contribution < -0.4 is 0 Å². The number of hydrogen-bond donors (Lipinski definition) is 1. The van der Waals surface area contributed by atoms with Crippen LogP contribution in [0.5, 0.6) is 0 Å². The van der Waals surface area contributed by atoms with Crippen molar-refractivity contribution in [2.45, 2.75) is 19.6 Å². The predicted molar refractivity (Wildman–Crippen MR) is 78.9 cm³/mol. The largest absolute Gasteiger partial charge is 0.386 e. The van der Waals surface area contributed by atoms with Gasteiger partial charge in [-0.15, -0.1) is 0 Å². The predicted octanol–water partition coefficient (Wildman–Crippen LogP) is 2.42. The minimum absolute atomic E-state index is 0.0170. The van der Waals surface area contributed by atoms with E-state index in [1.165, 1.54) is 12.1 Å². The molecule has 0 saturated carbocycles. The van der Waals surface area contributed by atoms with Gasteiger partial charge in [-0.1, -0.05) is 13.0 Å². The van der Waals surface area contributed by atoms with Gasteiger partial charge in [0.05, 0.1) is 23.7 Å². The van der Waals surface area contributed by atoms with Crippen molar-refractivity contribution in [2.75, 3.05) is 13.6 Å². The van der Waals surface area contributed by atoms with Crippen LogP contribution in [0.15, 0.2) is 42.7 Å². The van der Waals surface area contributed by atoms with E-state index >= 15 is 0 Å². The molecule has 0 aliphatic rings. The summed E-state index contributed by atoms with van der Waals surface area (Å²) in [4.78, 5) is 10.3. The Morgan fingerprint density at radius 1 is 1.24 bits per heavy atom. The topological polar surface area (TPSA) is 49.2 Å². The van der Waals surface area contributed by atoms with Crippen molar-refractivity contribution < 1.29 is 9.50 Å². The molecule has 2 aromatic heterocycles. The van der Waals surface area contributed by atoms with Crippen LogP contribution in [0.2, 0.25) is 0 Å². The van der Waals surface area contributed by atoms with E-state index in [1.807, 2.05) is 32.2 Å². The molecule has 2 aromatic rings. The molecule has 0 aromatic carbocycles. The average molecular weight is 289 g/mol. The molecule has 5 heteroatoms. The molecule has 0 aliphatic heterocycles. The van der Waals surface area contributed by atoms with Crippen molar-refractivity contribution in [1.29, 1.82) is 0 Å². The van der Waals surface area contributed by atoms with Crippen molar-refractivity contribution in [3.05, 3.63) is 59.9 Å². The number of pyridine rings is 2. The summed E-state index contributed by atoms with van der Waals surface area (Å²) < 4.78 is 12.8. The molecule has 2 heterocycles. The van der Waals surface area contributed by atoms with E-state index in [0.29, 0.717) is 12.2 Å². The normalized spacial score (nSPS) is 14.1. The van der Waals surface area contributed by atoms with Crippen LogP contribution in [0, 0.1) is 11.7 Å². The van der Waals surface area contributed by atoms with Gasteiger partial charge in [0, 0.05) is 25.2 Å². The monoisotopic (exact) mass is 289 g/mol. The molecule has 2 atom stereocenters. The first kappa shape index (κ1) is 15.5. The highest BCUT2D eigenvalue weighted by molar-refractivity contribution is 5.09. The van der Waals surface area contributed by atoms with Crippen LogP contribution in [0.25, 0.3) is 0 Å². The van der Waals surface area contributed by atoms with Crippen LogP contribution in [-0.4, -0.2) is 33.6 Å². The minimum atomic E-state index is -0.711. The summed E-state index contributed by atoms with van der Waals surface area (Å²) >= 11 is 0. The van der Waals surface area contributed by atoms with Crippen LogP contribution in [0.4, 0.5) is 4.39 Å². The molecule has 2 rings (SSSR count). The molecule has 0 radical (unpaired) electrons. The van der Waals surface area contributed by atoms with Gasteiger partial charge in [0.25, 0.3) is 0 Å². The summed E-state index contributed by atoms with van der Waals surface area (Å²) in [5.74, 6) is -0.414. The van der Waals surface area contributed by atoms with Crippen LogP contribution in [-0.2, 0) is 6.54 Å². The Hall–Kier alpha value is -1.85. The molecule has 4 nitrogen and oxygen atoms in total. The molecular weight excluding hydrogens is 269 g/mol. The van der Waals surface area contributed by atoms with Crippen molar-refractivity contribution in [2.24, 2.45) is 5.92 Å². The fourth-order valence-corrected chi connectivity index (χ4v) is 2.28. The lowest BCUT2D eigenvalue weighted by molar-refractivity contribution is 0.0894. The zero-order chi connectivity index (χ0) is 15.2. The third kappa shape index (κ3) is 4.58. The number of aliphatic hydroxyl groups is 1. The number of aliphatic hydroxyl groups excluding tert-OH is 1. The van der Waals surface area contributed by atoms with Gasteiger partial charge in [-0.05, 0) is 31.3 Å². The Morgan fingerprint density at radius 2 is 2.05 bits per heavy atom. The molecule has 2 unspecified atom stereocenters. The summed E-state index contributed by atoms with van der Waals surface area (Å²) in [7, 11) is 1.98. The maximum Gasteiger partial charge on any atom is 0.141 e. The Labute approximate surface area is 124 Å².